The zero-order chi connectivity index (χ0) is 24.4. The van der Waals surface area contributed by atoms with E-state index in [0.29, 0.717) is 0 Å². The Kier molecular flexibility index (Phi) is 5.39. The minimum Gasteiger partial charge on any atom is -0.493 e. The molecule has 0 aromatic carbocycles. The van der Waals surface area contributed by atoms with Crippen molar-refractivity contribution in [3.05, 3.63) is 63.7 Å². The van der Waals surface area contributed by atoms with E-state index in [1.165, 1.54) is 31.5 Å². The highest BCUT2D eigenvalue weighted by Gasteiger charge is 2.22. The van der Waals surface area contributed by atoms with Gasteiger partial charge in [-0.3, -0.25) is 4.79 Å². The molecule has 0 atom stereocenters. The van der Waals surface area contributed by atoms with E-state index in [-0.39, 0.29) is 51.6 Å². The van der Waals surface area contributed by atoms with Gasteiger partial charge in [0.2, 0.25) is 11.8 Å². The number of nitriles is 2. The van der Waals surface area contributed by atoms with E-state index < -0.39 is 11.4 Å². The van der Waals surface area contributed by atoms with Gasteiger partial charge in [0.1, 0.15) is 34.9 Å². The Morgan fingerprint density at radius 2 is 1.91 bits per heavy atom. The van der Waals surface area contributed by atoms with Crippen molar-refractivity contribution < 1.29 is 5.11 Å². The lowest BCUT2D eigenvalue weighted by molar-refractivity contribution is 0.434. The summed E-state index contributed by atoms with van der Waals surface area (Å²) in [4.78, 5) is 24.7. The Morgan fingerprint density at radius 1 is 1.12 bits per heavy atom. The molecule has 0 aliphatic carbocycles. The summed E-state index contributed by atoms with van der Waals surface area (Å²) in [6.45, 7) is 1.44. The lowest BCUT2D eigenvalue weighted by Gasteiger charge is -2.12. The monoisotopic (exact) mass is 454 g/mol. The van der Waals surface area contributed by atoms with Crippen LogP contribution in [0.1, 0.15) is 16.7 Å². The first-order valence-electron chi connectivity index (χ1n) is 9.46. The van der Waals surface area contributed by atoms with Crippen LogP contribution in [0, 0.1) is 29.6 Å². The Morgan fingerprint density at radius 3 is 2.56 bits per heavy atom. The van der Waals surface area contributed by atoms with Crippen LogP contribution in [-0.2, 0) is 0 Å². The molecule has 0 aliphatic rings. The molecule has 0 unspecified atom stereocenters. The number of aromatic nitrogens is 6. The molecule has 0 amide bonds. The molecule has 34 heavy (non-hydrogen) atoms. The van der Waals surface area contributed by atoms with Crippen molar-refractivity contribution in [3.8, 4) is 29.7 Å². The second-order valence-corrected chi connectivity index (χ2v) is 6.73. The van der Waals surface area contributed by atoms with Crippen molar-refractivity contribution in [2.45, 2.75) is 6.92 Å². The van der Waals surface area contributed by atoms with E-state index >= 15 is 0 Å². The predicted molar refractivity (Wildman–Crippen MR) is 118 cm³/mol. The Balaban J connectivity index is 1.93. The maximum atomic E-state index is 12.8. The molecule has 4 heterocycles. The van der Waals surface area contributed by atoms with E-state index in [2.05, 4.69) is 30.3 Å². The topological polar surface area (TPSA) is 223 Å². The SMILES string of the molecule is Cc1c(/N=N/c2c(C#N)cnn2-c2cc(N)nc(N)n2)c(O)n(-c2ccccn2)c(=O)c1C#N. The zero-order valence-corrected chi connectivity index (χ0v) is 17.4. The molecule has 0 saturated heterocycles. The normalized spacial score (nSPS) is 10.8. The highest BCUT2D eigenvalue weighted by atomic mass is 16.3. The summed E-state index contributed by atoms with van der Waals surface area (Å²) in [6.07, 6.45) is 2.65. The highest BCUT2D eigenvalue weighted by Crippen LogP contribution is 2.34. The Labute approximate surface area is 190 Å². The van der Waals surface area contributed by atoms with Crippen LogP contribution in [0.15, 0.2) is 51.7 Å². The summed E-state index contributed by atoms with van der Waals surface area (Å²) in [6, 6.07) is 9.82. The van der Waals surface area contributed by atoms with Crippen molar-refractivity contribution in [1.29, 1.82) is 10.5 Å². The summed E-state index contributed by atoms with van der Waals surface area (Å²) < 4.78 is 2.00. The zero-order valence-electron chi connectivity index (χ0n) is 17.4. The van der Waals surface area contributed by atoms with Gasteiger partial charge in [-0.05, 0) is 19.1 Å². The Bertz CT molecular complexity index is 1570. The number of aromatic hydroxyl groups is 1. The average Bonchev–Trinajstić information content (AvgIpc) is 3.22. The maximum Gasteiger partial charge on any atom is 0.277 e. The highest BCUT2D eigenvalue weighted by molar-refractivity contribution is 5.61. The largest absolute Gasteiger partial charge is 0.493 e. The summed E-state index contributed by atoms with van der Waals surface area (Å²) in [7, 11) is 0. The van der Waals surface area contributed by atoms with Crippen LogP contribution in [0.4, 0.5) is 23.3 Å². The molecule has 14 nitrogen and oxygen atoms in total. The molecule has 0 saturated carbocycles. The number of azo groups is 1. The van der Waals surface area contributed by atoms with Crippen LogP contribution >= 0.6 is 0 Å². The lowest BCUT2D eigenvalue weighted by Crippen LogP contribution is -2.23. The van der Waals surface area contributed by atoms with Crippen LogP contribution in [-0.4, -0.2) is 34.4 Å². The second kappa shape index (κ2) is 8.48. The second-order valence-electron chi connectivity index (χ2n) is 6.73. The van der Waals surface area contributed by atoms with Crippen LogP contribution in [0.3, 0.4) is 0 Å². The van der Waals surface area contributed by atoms with Gasteiger partial charge in [0.25, 0.3) is 5.56 Å². The number of hydrogen-bond donors (Lipinski definition) is 3. The number of pyridine rings is 2. The molecule has 0 fully saturated rings. The molecular weight excluding hydrogens is 440 g/mol. The van der Waals surface area contributed by atoms with Gasteiger partial charge in [0.05, 0.1) is 6.20 Å². The third-order valence-corrected chi connectivity index (χ3v) is 4.64. The van der Waals surface area contributed by atoms with Crippen LogP contribution in [0.5, 0.6) is 5.88 Å². The van der Waals surface area contributed by atoms with E-state index in [9.17, 15) is 20.4 Å². The first-order chi connectivity index (χ1) is 16.3. The number of hydrogen-bond acceptors (Lipinski definition) is 12. The van der Waals surface area contributed by atoms with Crippen molar-refractivity contribution in [3.63, 3.8) is 0 Å². The van der Waals surface area contributed by atoms with Crippen molar-refractivity contribution in [2.24, 2.45) is 10.2 Å². The molecule has 166 valence electrons. The minimum absolute atomic E-state index is 0.0233. The average molecular weight is 454 g/mol. The maximum absolute atomic E-state index is 12.8. The standard InChI is InChI=1S/C20H14N12O2/c1-10-12(8-22)18(33)31(14-4-2-3-5-25-14)19(34)16(10)29-30-17-11(7-21)9-26-32(17)15-6-13(23)27-20(24)28-15/h2-6,9,34H,1H3,(H4,23,24,27,28)/b30-29+. The summed E-state index contributed by atoms with van der Waals surface area (Å²) in [5.41, 5.74) is 10.3. The van der Waals surface area contributed by atoms with Gasteiger partial charge in [-0.2, -0.15) is 30.3 Å². The molecule has 0 aliphatic heterocycles. The first kappa shape index (κ1) is 21.6. The Hall–Kier alpha value is -5.63. The van der Waals surface area contributed by atoms with E-state index in [1.54, 1.807) is 12.1 Å². The molecule has 4 aromatic heterocycles. The van der Waals surface area contributed by atoms with Crippen LogP contribution in [0.2, 0.25) is 0 Å². The summed E-state index contributed by atoms with van der Waals surface area (Å²) in [5, 5.41) is 42.0. The third-order valence-electron chi connectivity index (χ3n) is 4.64. The fraction of sp³-hybridized carbons (Fsp3) is 0.0500. The molecule has 0 bridgehead atoms. The molecule has 0 radical (unpaired) electrons. The van der Waals surface area contributed by atoms with Gasteiger partial charge in [0.15, 0.2) is 17.3 Å². The quantitative estimate of drug-likeness (QED) is 0.377. The number of nitrogens with zero attached hydrogens (tertiary/aromatic N) is 10. The van der Waals surface area contributed by atoms with Gasteiger partial charge in [-0.15, -0.1) is 10.2 Å². The van der Waals surface area contributed by atoms with Gasteiger partial charge in [0, 0.05) is 17.8 Å². The summed E-state index contributed by atoms with van der Waals surface area (Å²) in [5.74, 6) is -0.516. The summed E-state index contributed by atoms with van der Waals surface area (Å²) >= 11 is 0. The molecular formula is C20H14N12O2. The lowest BCUT2D eigenvalue weighted by atomic mass is 10.1. The first-order valence-corrected chi connectivity index (χ1v) is 9.46. The van der Waals surface area contributed by atoms with Crippen LogP contribution < -0.4 is 17.0 Å². The van der Waals surface area contributed by atoms with Gasteiger partial charge in [-0.1, -0.05) is 6.07 Å². The third kappa shape index (κ3) is 3.63. The van der Waals surface area contributed by atoms with Gasteiger partial charge in [-0.25, -0.2) is 9.55 Å². The molecule has 4 rings (SSSR count). The number of nitrogen functional groups attached to an aromatic ring is 2. The fourth-order valence-electron chi connectivity index (χ4n) is 3.07. The van der Waals surface area contributed by atoms with Gasteiger partial charge >= 0.3 is 0 Å². The van der Waals surface area contributed by atoms with Crippen molar-refractivity contribution in [1.82, 2.24) is 29.3 Å². The smallest absolute Gasteiger partial charge is 0.277 e. The van der Waals surface area contributed by atoms with E-state index in [0.717, 1.165) is 9.25 Å². The predicted octanol–water partition coefficient (Wildman–Crippen LogP) is 1.55. The number of nitrogens with two attached hydrogens (primary N) is 2. The van der Waals surface area contributed by atoms with Gasteiger partial charge < -0.3 is 16.6 Å². The molecule has 4 aromatic rings. The van der Waals surface area contributed by atoms with Crippen LogP contribution in [0.25, 0.3) is 11.6 Å². The van der Waals surface area contributed by atoms with E-state index in [4.69, 9.17) is 11.5 Å². The van der Waals surface area contributed by atoms with Crippen molar-refractivity contribution >= 4 is 23.3 Å². The number of anilines is 2. The number of rotatable bonds is 4. The van der Waals surface area contributed by atoms with E-state index in [1.807, 2.05) is 12.1 Å². The molecule has 14 heteroatoms. The van der Waals surface area contributed by atoms with Crippen molar-refractivity contribution in [2.75, 3.05) is 11.5 Å². The minimum atomic E-state index is -0.773. The molecule has 0 spiro atoms. The molecule has 5 N–H and O–H groups in total. The fourth-order valence-corrected chi connectivity index (χ4v) is 3.07.